The maximum atomic E-state index is 12.9. The van der Waals surface area contributed by atoms with Gasteiger partial charge in [0.1, 0.15) is 18.1 Å². The lowest BCUT2D eigenvalue weighted by Gasteiger charge is -2.24. The SMILES string of the molecule is CCC(C)C(N)C(=O)NC(C)C(=O)NC(CCSC)C(=O)NC(Cc1ccccc1)C(=O)O. The number of thioether (sulfide) groups is 1. The Morgan fingerprint density at radius 3 is 2.12 bits per heavy atom. The van der Waals surface area contributed by atoms with Gasteiger partial charge in [0, 0.05) is 6.42 Å². The molecule has 10 heteroatoms. The minimum Gasteiger partial charge on any atom is -0.480 e. The third-order valence-electron chi connectivity index (χ3n) is 5.45. The number of benzene rings is 1. The van der Waals surface area contributed by atoms with E-state index in [1.807, 2.05) is 26.2 Å². The van der Waals surface area contributed by atoms with Crippen molar-refractivity contribution in [2.45, 2.75) is 64.2 Å². The molecule has 0 aliphatic rings. The normalized spacial score (nSPS) is 15.4. The van der Waals surface area contributed by atoms with Crippen LogP contribution in [0.5, 0.6) is 0 Å². The molecular formula is C23H36N4O5S. The van der Waals surface area contributed by atoms with Crippen LogP contribution < -0.4 is 21.7 Å². The van der Waals surface area contributed by atoms with Crippen molar-refractivity contribution in [1.29, 1.82) is 0 Å². The number of carboxylic acids is 1. The van der Waals surface area contributed by atoms with Crippen LogP contribution in [-0.4, -0.2) is 65.0 Å². The lowest BCUT2D eigenvalue weighted by atomic mass is 9.99. The second kappa shape index (κ2) is 14.5. The van der Waals surface area contributed by atoms with Crippen LogP contribution in [0.1, 0.15) is 39.2 Å². The Labute approximate surface area is 199 Å². The molecule has 0 fully saturated rings. The quantitative estimate of drug-likeness (QED) is 0.266. The number of hydrogen-bond donors (Lipinski definition) is 5. The molecule has 1 rings (SSSR count). The molecule has 1 aromatic rings. The number of aliphatic carboxylic acids is 1. The lowest BCUT2D eigenvalue weighted by Crippen LogP contribution is -2.57. The van der Waals surface area contributed by atoms with Gasteiger partial charge >= 0.3 is 5.97 Å². The maximum Gasteiger partial charge on any atom is 0.326 e. The van der Waals surface area contributed by atoms with Gasteiger partial charge in [-0.1, -0.05) is 50.6 Å². The van der Waals surface area contributed by atoms with Crippen LogP contribution in [0.15, 0.2) is 30.3 Å². The van der Waals surface area contributed by atoms with Crippen LogP contribution in [0.4, 0.5) is 0 Å². The smallest absolute Gasteiger partial charge is 0.326 e. The summed E-state index contributed by atoms with van der Waals surface area (Å²) in [6.45, 7) is 5.28. The minimum absolute atomic E-state index is 0.0436. The molecule has 0 aromatic heterocycles. The summed E-state index contributed by atoms with van der Waals surface area (Å²) in [7, 11) is 0. The maximum absolute atomic E-state index is 12.9. The highest BCUT2D eigenvalue weighted by molar-refractivity contribution is 7.98. The summed E-state index contributed by atoms with van der Waals surface area (Å²) in [6, 6.07) is 5.24. The summed E-state index contributed by atoms with van der Waals surface area (Å²) >= 11 is 1.50. The molecular weight excluding hydrogens is 444 g/mol. The molecule has 5 atom stereocenters. The third-order valence-corrected chi connectivity index (χ3v) is 6.10. The molecule has 6 N–H and O–H groups in total. The first kappa shape index (κ1) is 28.4. The first-order valence-corrected chi connectivity index (χ1v) is 12.4. The zero-order chi connectivity index (χ0) is 25.0. The monoisotopic (exact) mass is 480 g/mol. The standard InChI is InChI=1S/C23H36N4O5S/c1-5-14(2)19(24)22(30)25-15(3)20(28)26-17(11-12-33-4)21(29)27-18(23(31)32)13-16-9-7-6-8-10-16/h6-10,14-15,17-19H,5,11-13,24H2,1-4H3,(H,25,30)(H,26,28)(H,27,29)(H,31,32). The van der Waals surface area contributed by atoms with E-state index in [4.69, 9.17) is 5.73 Å². The summed E-state index contributed by atoms with van der Waals surface area (Å²) in [5.74, 6) is -2.20. The summed E-state index contributed by atoms with van der Waals surface area (Å²) in [5.41, 5.74) is 6.68. The molecule has 0 aliphatic heterocycles. The van der Waals surface area contributed by atoms with E-state index in [-0.39, 0.29) is 12.3 Å². The van der Waals surface area contributed by atoms with Crippen molar-refractivity contribution in [2.24, 2.45) is 11.7 Å². The Hall–Kier alpha value is -2.59. The van der Waals surface area contributed by atoms with Gasteiger partial charge in [-0.3, -0.25) is 14.4 Å². The first-order chi connectivity index (χ1) is 15.6. The Morgan fingerprint density at radius 2 is 1.58 bits per heavy atom. The van der Waals surface area contributed by atoms with E-state index in [2.05, 4.69) is 16.0 Å². The van der Waals surface area contributed by atoms with Gasteiger partial charge in [0.25, 0.3) is 0 Å². The number of carbonyl (C=O) groups is 4. The summed E-state index contributed by atoms with van der Waals surface area (Å²) in [5, 5.41) is 17.3. The van der Waals surface area contributed by atoms with Crippen LogP contribution in [0, 0.1) is 5.92 Å². The van der Waals surface area contributed by atoms with E-state index >= 15 is 0 Å². The zero-order valence-corrected chi connectivity index (χ0v) is 20.5. The van der Waals surface area contributed by atoms with Crippen LogP contribution in [0.3, 0.4) is 0 Å². The van der Waals surface area contributed by atoms with Crippen molar-refractivity contribution >= 4 is 35.5 Å². The molecule has 9 nitrogen and oxygen atoms in total. The van der Waals surface area contributed by atoms with Gasteiger partial charge in [-0.15, -0.1) is 0 Å². The number of amides is 3. The van der Waals surface area contributed by atoms with Gasteiger partial charge in [0.2, 0.25) is 17.7 Å². The number of carboxylic acid groups (broad SMARTS) is 1. The van der Waals surface area contributed by atoms with Gasteiger partial charge in [0.05, 0.1) is 6.04 Å². The summed E-state index contributed by atoms with van der Waals surface area (Å²) < 4.78 is 0. The van der Waals surface area contributed by atoms with Crippen LogP contribution >= 0.6 is 11.8 Å². The number of carbonyl (C=O) groups excluding carboxylic acids is 3. The summed E-state index contributed by atoms with van der Waals surface area (Å²) in [6.07, 6.45) is 3.01. The van der Waals surface area contributed by atoms with Gasteiger partial charge in [0.15, 0.2) is 0 Å². The van der Waals surface area contributed by atoms with E-state index in [1.165, 1.54) is 18.7 Å². The van der Waals surface area contributed by atoms with Crippen molar-refractivity contribution in [3.63, 3.8) is 0 Å². The number of nitrogens with two attached hydrogens (primary N) is 1. The second-order valence-corrected chi connectivity index (χ2v) is 9.06. The van der Waals surface area contributed by atoms with Crippen LogP contribution in [0.2, 0.25) is 0 Å². The highest BCUT2D eigenvalue weighted by atomic mass is 32.2. The van der Waals surface area contributed by atoms with Crippen LogP contribution in [-0.2, 0) is 25.6 Å². The molecule has 1 aromatic carbocycles. The molecule has 184 valence electrons. The second-order valence-electron chi connectivity index (χ2n) is 8.07. The Balaban J connectivity index is 2.81. The van der Waals surface area contributed by atoms with Crippen molar-refractivity contribution in [3.8, 4) is 0 Å². The minimum atomic E-state index is -1.16. The largest absolute Gasteiger partial charge is 0.480 e. The van der Waals surface area contributed by atoms with E-state index in [9.17, 15) is 24.3 Å². The van der Waals surface area contributed by atoms with E-state index < -0.39 is 47.9 Å². The number of nitrogens with one attached hydrogen (secondary N) is 3. The van der Waals surface area contributed by atoms with Crippen LogP contribution in [0.25, 0.3) is 0 Å². The molecule has 0 heterocycles. The fraction of sp³-hybridized carbons (Fsp3) is 0.565. The molecule has 0 aliphatic carbocycles. The van der Waals surface area contributed by atoms with Crippen molar-refractivity contribution in [1.82, 2.24) is 16.0 Å². The Kier molecular flexibility index (Phi) is 12.5. The topological polar surface area (TPSA) is 151 Å². The van der Waals surface area contributed by atoms with Crippen molar-refractivity contribution in [3.05, 3.63) is 35.9 Å². The van der Waals surface area contributed by atoms with Gasteiger partial charge in [-0.05, 0) is 36.8 Å². The predicted molar refractivity (Wildman–Crippen MR) is 130 cm³/mol. The highest BCUT2D eigenvalue weighted by Gasteiger charge is 2.29. The van der Waals surface area contributed by atoms with E-state index in [0.29, 0.717) is 12.2 Å². The zero-order valence-electron chi connectivity index (χ0n) is 19.7. The summed E-state index contributed by atoms with van der Waals surface area (Å²) in [4.78, 5) is 49.5. The Morgan fingerprint density at radius 1 is 0.970 bits per heavy atom. The fourth-order valence-corrected chi connectivity index (χ4v) is 3.48. The predicted octanol–water partition coefficient (Wildman–Crippen LogP) is 0.915. The average molecular weight is 481 g/mol. The van der Waals surface area contributed by atoms with E-state index in [0.717, 1.165) is 12.0 Å². The molecule has 0 spiro atoms. The molecule has 33 heavy (non-hydrogen) atoms. The van der Waals surface area contributed by atoms with Crippen molar-refractivity contribution < 1.29 is 24.3 Å². The number of hydrogen-bond acceptors (Lipinski definition) is 6. The van der Waals surface area contributed by atoms with Gasteiger partial charge in [-0.25, -0.2) is 4.79 Å². The van der Waals surface area contributed by atoms with Gasteiger partial charge in [-0.2, -0.15) is 11.8 Å². The first-order valence-electron chi connectivity index (χ1n) is 11.0. The van der Waals surface area contributed by atoms with E-state index in [1.54, 1.807) is 24.3 Å². The molecule has 0 saturated heterocycles. The lowest BCUT2D eigenvalue weighted by molar-refractivity contribution is -0.142. The third kappa shape index (κ3) is 9.83. The molecule has 0 saturated carbocycles. The highest BCUT2D eigenvalue weighted by Crippen LogP contribution is 2.08. The average Bonchev–Trinajstić information content (AvgIpc) is 2.80. The molecule has 3 amide bonds. The van der Waals surface area contributed by atoms with Gasteiger partial charge < -0.3 is 26.8 Å². The van der Waals surface area contributed by atoms with Crippen molar-refractivity contribution in [2.75, 3.05) is 12.0 Å². The molecule has 5 unspecified atom stereocenters. The molecule has 0 bridgehead atoms. The Bertz CT molecular complexity index is 792. The number of rotatable bonds is 14. The fourth-order valence-electron chi connectivity index (χ4n) is 3.01. The molecule has 0 radical (unpaired) electrons.